The van der Waals surface area contributed by atoms with E-state index in [0.29, 0.717) is 6.61 Å². The predicted molar refractivity (Wildman–Crippen MR) is 79.0 cm³/mol. The second-order valence-corrected chi connectivity index (χ2v) is 6.96. The van der Waals surface area contributed by atoms with Crippen molar-refractivity contribution in [3.05, 3.63) is 0 Å². The van der Waals surface area contributed by atoms with Gasteiger partial charge in [-0.05, 0) is 43.9 Å². The molecule has 4 heteroatoms. The summed E-state index contributed by atoms with van der Waals surface area (Å²) in [6.45, 7) is 1.49. The Labute approximate surface area is 123 Å². The predicted octanol–water partition coefficient (Wildman–Crippen LogP) is 4.18. The van der Waals surface area contributed by atoms with Crippen molar-refractivity contribution in [2.75, 3.05) is 20.3 Å². The number of ether oxygens (including phenoxy) is 2. The van der Waals surface area contributed by atoms with E-state index in [-0.39, 0.29) is 9.39 Å². The van der Waals surface area contributed by atoms with E-state index in [1.54, 1.807) is 29.7 Å². The van der Waals surface area contributed by atoms with Crippen molar-refractivity contribution < 1.29 is 14.3 Å². The Bertz CT molecular complexity index is 295. The quantitative estimate of drug-likeness (QED) is 0.541. The maximum Gasteiger partial charge on any atom is 0.367 e. The standard InChI is InChI=1S/C14H23IO3/c1-17-6-4-12-7-11-3-2-5-14(8-11,9-12)10-18-13(15)16/h11-12H,2-10H2,1H3. The Hall–Kier alpha value is 0.160. The summed E-state index contributed by atoms with van der Waals surface area (Å²) >= 11 is 1.73. The topological polar surface area (TPSA) is 35.5 Å². The van der Waals surface area contributed by atoms with Crippen LogP contribution in [0.4, 0.5) is 4.79 Å². The lowest BCUT2D eigenvalue weighted by molar-refractivity contribution is -0.0154. The molecule has 0 radical (unpaired) electrons. The van der Waals surface area contributed by atoms with Crippen LogP contribution in [-0.2, 0) is 9.47 Å². The van der Waals surface area contributed by atoms with Crippen molar-refractivity contribution in [1.82, 2.24) is 0 Å². The van der Waals surface area contributed by atoms with Crippen LogP contribution in [0.15, 0.2) is 0 Å². The maximum atomic E-state index is 11.0. The molecule has 2 aliphatic carbocycles. The lowest BCUT2D eigenvalue weighted by atomic mass is 9.59. The van der Waals surface area contributed by atoms with Crippen LogP contribution in [0.5, 0.6) is 0 Å². The van der Waals surface area contributed by atoms with Crippen molar-refractivity contribution >= 4 is 26.6 Å². The average molecular weight is 366 g/mol. The third-order valence-electron chi connectivity index (χ3n) is 4.65. The summed E-state index contributed by atoms with van der Waals surface area (Å²) in [5.41, 5.74) is 0.278. The third-order valence-corrected chi connectivity index (χ3v) is 4.96. The van der Waals surface area contributed by atoms with Gasteiger partial charge in [0.1, 0.15) is 0 Å². The number of hydrogen-bond acceptors (Lipinski definition) is 3. The molecule has 0 aliphatic heterocycles. The van der Waals surface area contributed by atoms with E-state index in [1.807, 2.05) is 0 Å². The average Bonchev–Trinajstić information content (AvgIpc) is 2.34. The van der Waals surface area contributed by atoms with Gasteiger partial charge in [-0.2, -0.15) is 0 Å². The molecule has 3 unspecified atom stereocenters. The highest BCUT2D eigenvalue weighted by molar-refractivity contribution is 14.1. The van der Waals surface area contributed by atoms with Crippen molar-refractivity contribution in [2.24, 2.45) is 17.3 Å². The fraction of sp³-hybridized carbons (Fsp3) is 0.929. The molecule has 2 saturated carbocycles. The fourth-order valence-electron chi connectivity index (χ4n) is 4.04. The van der Waals surface area contributed by atoms with Crippen LogP contribution in [0, 0.1) is 17.3 Å². The number of carbonyl (C=O) groups is 1. The molecular formula is C14H23IO3. The molecule has 2 fully saturated rings. The van der Waals surface area contributed by atoms with Gasteiger partial charge in [0.05, 0.1) is 29.2 Å². The minimum Gasteiger partial charge on any atom is -0.458 e. The molecule has 0 spiro atoms. The highest BCUT2D eigenvalue weighted by Gasteiger charge is 2.43. The molecule has 2 bridgehead atoms. The largest absolute Gasteiger partial charge is 0.458 e. The summed E-state index contributed by atoms with van der Waals surface area (Å²) in [6.07, 6.45) is 8.90. The highest BCUT2D eigenvalue weighted by atomic mass is 127. The van der Waals surface area contributed by atoms with Crippen LogP contribution in [0.1, 0.15) is 44.9 Å². The van der Waals surface area contributed by atoms with Crippen LogP contribution >= 0.6 is 22.6 Å². The van der Waals surface area contributed by atoms with Gasteiger partial charge in [0, 0.05) is 19.1 Å². The Balaban J connectivity index is 1.95. The molecule has 0 amide bonds. The highest BCUT2D eigenvalue weighted by Crippen LogP contribution is 2.51. The van der Waals surface area contributed by atoms with Gasteiger partial charge in [-0.1, -0.05) is 12.8 Å². The zero-order chi connectivity index (χ0) is 13.0. The molecule has 0 aromatic rings. The summed E-state index contributed by atoms with van der Waals surface area (Å²) < 4.78 is 10.4. The van der Waals surface area contributed by atoms with Gasteiger partial charge in [-0.3, -0.25) is 0 Å². The number of fused-ring (bicyclic) bond motifs is 2. The first kappa shape index (κ1) is 14.6. The first-order valence-corrected chi connectivity index (χ1v) is 8.03. The SMILES string of the molecule is COCCC1CC2CCCC(COC(=O)I)(C2)C1. The zero-order valence-corrected chi connectivity index (χ0v) is 13.3. The summed E-state index contributed by atoms with van der Waals surface area (Å²) in [5.74, 6) is 1.61. The van der Waals surface area contributed by atoms with Crippen LogP contribution in [0.25, 0.3) is 0 Å². The summed E-state index contributed by atoms with van der Waals surface area (Å²) in [6, 6.07) is 0. The van der Waals surface area contributed by atoms with E-state index in [4.69, 9.17) is 9.47 Å². The molecule has 0 saturated heterocycles. The van der Waals surface area contributed by atoms with Crippen molar-refractivity contribution in [3.8, 4) is 0 Å². The monoisotopic (exact) mass is 366 g/mol. The van der Waals surface area contributed by atoms with E-state index >= 15 is 0 Å². The Morgan fingerprint density at radius 2 is 2.28 bits per heavy atom. The smallest absolute Gasteiger partial charge is 0.367 e. The van der Waals surface area contributed by atoms with Gasteiger partial charge in [0.15, 0.2) is 0 Å². The van der Waals surface area contributed by atoms with E-state index in [1.165, 1.54) is 38.5 Å². The summed E-state index contributed by atoms with van der Waals surface area (Å²) in [4.78, 5) is 11.0. The van der Waals surface area contributed by atoms with Crippen LogP contribution in [0.2, 0.25) is 0 Å². The lowest BCUT2D eigenvalue weighted by Gasteiger charge is -2.48. The normalized spacial score (nSPS) is 35.2. The molecule has 0 aromatic carbocycles. The first-order chi connectivity index (χ1) is 8.63. The molecule has 0 N–H and O–H groups in total. The summed E-state index contributed by atoms with van der Waals surface area (Å²) in [7, 11) is 1.78. The molecular weight excluding hydrogens is 343 g/mol. The zero-order valence-electron chi connectivity index (χ0n) is 11.1. The Morgan fingerprint density at radius 1 is 1.44 bits per heavy atom. The van der Waals surface area contributed by atoms with Crippen molar-refractivity contribution in [1.29, 1.82) is 0 Å². The second-order valence-electron chi connectivity index (χ2n) is 6.08. The number of hydrogen-bond donors (Lipinski definition) is 0. The molecule has 2 rings (SSSR count). The number of carbonyl (C=O) groups excluding carboxylic acids is 1. The molecule has 18 heavy (non-hydrogen) atoms. The number of halogens is 1. The number of methoxy groups -OCH3 is 1. The third kappa shape index (κ3) is 3.83. The van der Waals surface area contributed by atoms with Gasteiger partial charge in [-0.25, -0.2) is 4.79 Å². The van der Waals surface area contributed by atoms with Crippen LogP contribution in [-0.4, -0.2) is 24.3 Å². The van der Waals surface area contributed by atoms with Crippen molar-refractivity contribution in [2.45, 2.75) is 44.9 Å². The van der Waals surface area contributed by atoms with Gasteiger partial charge in [0.25, 0.3) is 0 Å². The molecule has 0 heterocycles. The van der Waals surface area contributed by atoms with E-state index in [9.17, 15) is 4.79 Å². The number of rotatable bonds is 5. The van der Waals surface area contributed by atoms with Gasteiger partial charge in [-0.15, -0.1) is 0 Å². The van der Waals surface area contributed by atoms with E-state index in [0.717, 1.165) is 24.9 Å². The molecule has 3 nitrogen and oxygen atoms in total. The molecule has 0 aromatic heterocycles. The van der Waals surface area contributed by atoms with Crippen molar-refractivity contribution in [3.63, 3.8) is 0 Å². The molecule has 3 atom stereocenters. The van der Waals surface area contributed by atoms with E-state index in [2.05, 4.69) is 0 Å². The lowest BCUT2D eigenvalue weighted by Crippen LogP contribution is -2.40. The Morgan fingerprint density at radius 3 is 3.00 bits per heavy atom. The van der Waals surface area contributed by atoms with Crippen LogP contribution in [0.3, 0.4) is 0 Å². The Kier molecular flexibility index (Phi) is 5.30. The minimum atomic E-state index is -0.164. The minimum absolute atomic E-state index is 0.164. The van der Waals surface area contributed by atoms with Gasteiger partial charge in [0.2, 0.25) is 0 Å². The maximum absolute atomic E-state index is 11.0. The fourth-order valence-corrected chi connectivity index (χ4v) is 4.20. The van der Waals surface area contributed by atoms with E-state index < -0.39 is 0 Å². The second kappa shape index (κ2) is 6.55. The molecule has 2 aliphatic rings. The first-order valence-electron chi connectivity index (χ1n) is 6.95. The molecule has 104 valence electrons. The van der Waals surface area contributed by atoms with Crippen LogP contribution < -0.4 is 0 Å². The summed E-state index contributed by atoms with van der Waals surface area (Å²) in [5, 5.41) is 0. The van der Waals surface area contributed by atoms with Gasteiger partial charge < -0.3 is 9.47 Å². The van der Waals surface area contributed by atoms with Gasteiger partial charge >= 0.3 is 3.98 Å².